The quantitative estimate of drug-likeness (QED) is 0.922. The Kier molecular flexibility index (Phi) is 4.88. The summed E-state index contributed by atoms with van der Waals surface area (Å²) in [6.45, 7) is 0.195. The number of halogens is 3. The molecule has 0 spiro atoms. The van der Waals surface area contributed by atoms with Crippen LogP contribution in [-0.4, -0.2) is 30.4 Å². The lowest BCUT2D eigenvalue weighted by molar-refractivity contribution is -0.137. The van der Waals surface area contributed by atoms with E-state index in [1.54, 1.807) is 0 Å². The maximum absolute atomic E-state index is 12.6. The van der Waals surface area contributed by atoms with E-state index in [4.69, 9.17) is 0 Å². The van der Waals surface area contributed by atoms with E-state index < -0.39 is 11.7 Å². The number of carbonyl (C=O) groups excluding carboxylic acids is 1. The smallest absolute Gasteiger partial charge is 0.325 e. The summed E-state index contributed by atoms with van der Waals surface area (Å²) in [6, 6.07) is 5.09. The van der Waals surface area contributed by atoms with Gasteiger partial charge in [-0.1, -0.05) is 18.9 Å². The molecule has 0 aliphatic heterocycles. The van der Waals surface area contributed by atoms with Crippen molar-refractivity contribution in [3.05, 3.63) is 29.8 Å². The van der Waals surface area contributed by atoms with Crippen LogP contribution in [0.2, 0.25) is 0 Å². The molecule has 0 atom stereocenters. The maximum Gasteiger partial charge on any atom is 0.416 e. The van der Waals surface area contributed by atoms with Crippen molar-refractivity contribution in [2.45, 2.75) is 37.9 Å². The van der Waals surface area contributed by atoms with Crippen LogP contribution >= 0.6 is 0 Å². The van der Waals surface area contributed by atoms with Gasteiger partial charge in [-0.25, -0.2) is 0 Å². The normalized spacial score (nSPS) is 16.4. The van der Waals surface area contributed by atoms with E-state index in [0.717, 1.165) is 25.0 Å². The number of anilines is 1. The summed E-state index contributed by atoms with van der Waals surface area (Å²) in [6.07, 6.45) is 0.0938. The number of carbonyl (C=O) groups is 1. The van der Waals surface area contributed by atoms with Gasteiger partial charge in [0.25, 0.3) is 0 Å². The number of rotatable bonds is 4. The van der Waals surface area contributed by atoms with Crippen LogP contribution in [-0.2, 0) is 11.0 Å². The van der Waals surface area contributed by atoms with Crippen molar-refractivity contribution in [3.63, 3.8) is 0 Å². The minimum absolute atomic E-state index is 0.176. The zero-order valence-corrected chi connectivity index (χ0v) is 11.9. The van der Waals surface area contributed by atoms with Gasteiger partial charge in [-0.2, -0.15) is 13.2 Å². The summed E-state index contributed by atoms with van der Waals surface area (Å²) in [5.74, 6) is -0.288. The minimum Gasteiger partial charge on any atom is -0.325 e. The van der Waals surface area contributed by atoms with Crippen molar-refractivity contribution in [3.8, 4) is 0 Å². The van der Waals surface area contributed by atoms with Crippen LogP contribution in [0.15, 0.2) is 24.3 Å². The molecule has 6 heteroatoms. The molecular weight excluding hydrogens is 281 g/mol. The van der Waals surface area contributed by atoms with Gasteiger partial charge in [0.05, 0.1) is 12.1 Å². The first kappa shape index (κ1) is 15.8. The molecule has 1 amide bonds. The molecule has 0 aromatic heterocycles. The number of hydrogen-bond acceptors (Lipinski definition) is 2. The summed E-state index contributed by atoms with van der Waals surface area (Å²) in [4.78, 5) is 13.9. The molecule has 1 aliphatic rings. The number of hydrogen-bond donors (Lipinski definition) is 1. The van der Waals surface area contributed by atoms with Crippen LogP contribution in [0.4, 0.5) is 18.9 Å². The topological polar surface area (TPSA) is 32.3 Å². The van der Waals surface area contributed by atoms with Gasteiger partial charge in [0, 0.05) is 11.7 Å². The van der Waals surface area contributed by atoms with Gasteiger partial charge < -0.3 is 5.32 Å². The summed E-state index contributed by atoms with van der Waals surface area (Å²) in [7, 11) is 1.88. The third-order valence-corrected chi connectivity index (χ3v) is 3.81. The number of likely N-dealkylation sites (N-methyl/N-ethyl adjacent to an activating group) is 1. The predicted molar refractivity (Wildman–Crippen MR) is 75.0 cm³/mol. The summed E-state index contributed by atoms with van der Waals surface area (Å²) >= 11 is 0. The Morgan fingerprint density at radius 3 is 2.62 bits per heavy atom. The number of alkyl halides is 3. The van der Waals surface area contributed by atoms with Crippen LogP contribution < -0.4 is 5.32 Å². The fourth-order valence-corrected chi connectivity index (χ4v) is 2.67. The second-order valence-electron chi connectivity index (χ2n) is 5.48. The van der Waals surface area contributed by atoms with Gasteiger partial charge in [0.15, 0.2) is 0 Å². The highest BCUT2D eigenvalue weighted by molar-refractivity contribution is 5.92. The fraction of sp³-hybridized carbons (Fsp3) is 0.533. The molecule has 0 radical (unpaired) electrons. The first-order valence-corrected chi connectivity index (χ1v) is 7.03. The van der Waals surface area contributed by atoms with Crippen LogP contribution in [0, 0.1) is 0 Å². The summed E-state index contributed by atoms with van der Waals surface area (Å²) in [5.41, 5.74) is -0.584. The molecule has 1 fully saturated rings. The highest BCUT2D eigenvalue weighted by atomic mass is 19.4. The zero-order chi connectivity index (χ0) is 15.5. The van der Waals surface area contributed by atoms with E-state index in [1.807, 2.05) is 11.9 Å². The average molecular weight is 300 g/mol. The molecule has 0 bridgehead atoms. The standard InChI is InChI=1S/C15H19F3N2O/c1-20(13-7-2-3-8-13)10-14(21)19-12-6-4-5-11(9-12)15(16,17)18/h4-6,9,13H,2-3,7-8,10H2,1H3,(H,19,21). The van der Waals surface area contributed by atoms with Crippen LogP contribution in [0.1, 0.15) is 31.2 Å². The summed E-state index contributed by atoms with van der Waals surface area (Å²) < 4.78 is 37.8. The Morgan fingerprint density at radius 1 is 1.33 bits per heavy atom. The molecule has 1 aromatic carbocycles. The van der Waals surface area contributed by atoms with E-state index in [2.05, 4.69) is 5.32 Å². The van der Waals surface area contributed by atoms with Crippen molar-refractivity contribution in [2.75, 3.05) is 18.9 Å². The van der Waals surface area contributed by atoms with Gasteiger partial charge in [-0.3, -0.25) is 9.69 Å². The van der Waals surface area contributed by atoms with Crippen LogP contribution in [0.5, 0.6) is 0 Å². The van der Waals surface area contributed by atoms with E-state index in [9.17, 15) is 18.0 Å². The molecule has 1 saturated carbocycles. The third-order valence-electron chi connectivity index (χ3n) is 3.81. The highest BCUT2D eigenvalue weighted by Gasteiger charge is 2.30. The number of benzene rings is 1. The molecule has 2 rings (SSSR count). The van der Waals surface area contributed by atoms with Crippen LogP contribution in [0.25, 0.3) is 0 Å². The van der Waals surface area contributed by atoms with E-state index in [0.29, 0.717) is 6.04 Å². The Hall–Kier alpha value is -1.56. The number of nitrogens with zero attached hydrogens (tertiary/aromatic N) is 1. The molecule has 0 saturated heterocycles. The lowest BCUT2D eigenvalue weighted by atomic mass is 10.2. The first-order chi connectivity index (χ1) is 9.86. The highest BCUT2D eigenvalue weighted by Crippen LogP contribution is 2.30. The van der Waals surface area contributed by atoms with Crippen molar-refractivity contribution in [1.82, 2.24) is 4.90 Å². The largest absolute Gasteiger partial charge is 0.416 e. The predicted octanol–water partition coefficient (Wildman–Crippen LogP) is 3.52. The van der Waals surface area contributed by atoms with Crippen LogP contribution in [0.3, 0.4) is 0 Å². The lowest BCUT2D eigenvalue weighted by Crippen LogP contribution is -2.36. The molecule has 1 aromatic rings. The molecule has 1 aliphatic carbocycles. The molecule has 116 valence electrons. The molecular formula is C15H19F3N2O. The van der Waals surface area contributed by atoms with Crippen molar-refractivity contribution < 1.29 is 18.0 Å². The molecule has 0 heterocycles. The average Bonchev–Trinajstić information content (AvgIpc) is 2.91. The van der Waals surface area contributed by atoms with E-state index >= 15 is 0 Å². The monoisotopic (exact) mass is 300 g/mol. The van der Waals surface area contributed by atoms with Gasteiger partial charge in [0.2, 0.25) is 5.91 Å². The second-order valence-corrected chi connectivity index (χ2v) is 5.48. The fourth-order valence-electron chi connectivity index (χ4n) is 2.67. The molecule has 21 heavy (non-hydrogen) atoms. The Morgan fingerprint density at radius 2 is 2.00 bits per heavy atom. The third kappa shape index (κ3) is 4.46. The van der Waals surface area contributed by atoms with Crippen molar-refractivity contribution >= 4 is 11.6 Å². The SMILES string of the molecule is CN(CC(=O)Nc1cccc(C(F)(F)F)c1)C1CCCC1. The second kappa shape index (κ2) is 6.47. The minimum atomic E-state index is -4.40. The molecule has 3 nitrogen and oxygen atoms in total. The number of nitrogens with one attached hydrogen (secondary N) is 1. The van der Waals surface area contributed by atoms with Gasteiger partial charge in [-0.15, -0.1) is 0 Å². The lowest BCUT2D eigenvalue weighted by Gasteiger charge is -2.23. The van der Waals surface area contributed by atoms with Gasteiger partial charge >= 0.3 is 6.18 Å². The maximum atomic E-state index is 12.6. The van der Waals surface area contributed by atoms with E-state index in [-0.39, 0.29) is 18.1 Å². The Bertz CT molecular complexity index is 496. The van der Waals surface area contributed by atoms with Gasteiger partial charge in [0.1, 0.15) is 0 Å². The van der Waals surface area contributed by atoms with E-state index in [1.165, 1.54) is 25.0 Å². The summed E-state index contributed by atoms with van der Waals surface area (Å²) in [5, 5.41) is 2.53. The van der Waals surface area contributed by atoms with Crippen molar-refractivity contribution in [2.24, 2.45) is 0 Å². The van der Waals surface area contributed by atoms with Crippen molar-refractivity contribution in [1.29, 1.82) is 0 Å². The molecule has 1 N–H and O–H groups in total. The first-order valence-electron chi connectivity index (χ1n) is 7.03. The Balaban J connectivity index is 1.93. The molecule has 0 unspecified atom stereocenters. The zero-order valence-electron chi connectivity index (χ0n) is 11.9. The Labute approximate surface area is 122 Å². The number of amides is 1. The van der Waals surface area contributed by atoms with Gasteiger partial charge in [-0.05, 0) is 38.1 Å².